The zero-order chi connectivity index (χ0) is 10.7. The highest BCUT2D eigenvalue weighted by Gasteiger charge is 2.10. The van der Waals surface area contributed by atoms with Gasteiger partial charge in [-0.05, 0) is 23.4 Å². The first kappa shape index (κ1) is 10.7. The lowest BCUT2D eigenvalue weighted by atomic mass is 10.2. The minimum absolute atomic E-state index is 0.547. The van der Waals surface area contributed by atoms with E-state index in [1.807, 2.05) is 0 Å². The zero-order valence-electron chi connectivity index (χ0n) is 8.50. The largest absolute Gasteiger partial charge is 0.440 e. The molecule has 2 aromatic rings. The molecule has 0 bridgehead atoms. The molecule has 0 atom stereocenters. The Kier molecular flexibility index (Phi) is 3.44. The van der Waals surface area contributed by atoms with Gasteiger partial charge >= 0.3 is 0 Å². The Morgan fingerprint density at radius 3 is 3.13 bits per heavy atom. The molecule has 0 N–H and O–H groups in total. The maximum absolute atomic E-state index is 5.63. The van der Waals surface area contributed by atoms with Crippen molar-refractivity contribution in [3.05, 3.63) is 29.1 Å². The first-order valence-electron chi connectivity index (χ1n) is 4.92. The van der Waals surface area contributed by atoms with Crippen molar-refractivity contribution in [1.82, 2.24) is 4.98 Å². The van der Waals surface area contributed by atoms with Gasteiger partial charge in [0.2, 0.25) is 0 Å². The number of oxazole rings is 1. The normalized spacial score (nSPS) is 10.8. The average molecular weight is 242 g/mol. The van der Waals surface area contributed by atoms with E-state index in [9.17, 15) is 0 Å². The van der Waals surface area contributed by atoms with Crippen LogP contribution in [-0.4, -0.2) is 10.9 Å². The molecule has 0 fully saturated rings. The number of thiophene rings is 1. The molecular weight excluding hydrogens is 230 g/mol. The lowest BCUT2D eigenvalue weighted by Gasteiger charge is -1.95. The highest BCUT2D eigenvalue weighted by Crippen LogP contribution is 2.30. The molecule has 0 aliphatic heterocycles. The monoisotopic (exact) mass is 241 g/mol. The van der Waals surface area contributed by atoms with Crippen LogP contribution in [0.15, 0.2) is 22.1 Å². The summed E-state index contributed by atoms with van der Waals surface area (Å²) < 4.78 is 5.63. The van der Waals surface area contributed by atoms with Crippen LogP contribution >= 0.6 is 22.9 Å². The van der Waals surface area contributed by atoms with E-state index in [2.05, 4.69) is 23.4 Å². The van der Waals surface area contributed by atoms with Crippen molar-refractivity contribution in [3.63, 3.8) is 0 Å². The molecule has 0 aromatic carbocycles. The van der Waals surface area contributed by atoms with Crippen LogP contribution in [0, 0.1) is 0 Å². The van der Waals surface area contributed by atoms with Crippen LogP contribution < -0.4 is 0 Å². The van der Waals surface area contributed by atoms with Gasteiger partial charge in [0, 0.05) is 12.3 Å². The maximum atomic E-state index is 5.63. The zero-order valence-corrected chi connectivity index (χ0v) is 10.1. The summed E-state index contributed by atoms with van der Waals surface area (Å²) >= 11 is 7.32. The lowest BCUT2D eigenvalue weighted by molar-refractivity contribution is 0.515. The molecule has 15 heavy (non-hydrogen) atoms. The molecule has 0 aliphatic carbocycles. The molecule has 2 nitrogen and oxygen atoms in total. The van der Waals surface area contributed by atoms with Crippen molar-refractivity contribution >= 4 is 22.9 Å². The molecule has 4 heteroatoms. The van der Waals surface area contributed by atoms with Crippen LogP contribution in [0.5, 0.6) is 0 Å². The van der Waals surface area contributed by atoms with E-state index in [0.717, 1.165) is 18.1 Å². The van der Waals surface area contributed by atoms with E-state index in [1.165, 1.54) is 10.4 Å². The summed E-state index contributed by atoms with van der Waals surface area (Å²) in [7, 11) is 0. The fourth-order valence-electron chi connectivity index (χ4n) is 1.44. The van der Waals surface area contributed by atoms with Crippen molar-refractivity contribution in [1.29, 1.82) is 0 Å². The summed E-state index contributed by atoms with van der Waals surface area (Å²) in [6.07, 6.45) is 3.49. The van der Waals surface area contributed by atoms with Gasteiger partial charge in [0.25, 0.3) is 0 Å². The summed E-state index contributed by atoms with van der Waals surface area (Å²) in [6.45, 7) is 2.14. The molecule has 0 aliphatic rings. The molecule has 2 aromatic heterocycles. The quantitative estimate of drug-likeness (QED) is 0.762. The van der Waals surface area contributed by atoms with Gasteiger partial charge in [0.15, 0.2) is 11.7 Å². The molecule has 0 saturated carbocycles. The summed E-state index contributed by atoms with van der Waals surface area (Å²) in [5, 5.41) is 2.08. The van der Waals surface area contributed by atoms with Crippen LogP contribution in [0.3, 0.4) is 0 Å². The highest BCUT2D eigenvalue weighted by molar-refractivity contribution is 7.13. The van der Waals surface area contributed by atoms with E-state index in [0.29, 0.717) is 12.3 Å². The summed E-state index contributed by atoms with van der Waals surface area (Å²) in [5.74, 6) is 2.13. The summed E-state index contributed by atoms with van der Waals surface area (Å²) in [4.78, 5) is 5.38. The standard InChI is InChI=1S/C11H12ClNOS/c1-2-8-4-6-15-11(8)9-7-13-10(14-9)3-5-12/h4,6-7H,2-3,5H2,1H3. The Labute approximate surface area is 97.9 Å². The first-order chi connectivity index (χ1) is 7.35. The highest BCUT2D eigenvalue weighted by atomic mass is 35.5. The van der Waals surface area contributed by atoms with Crippen LogP contribution in [0.4, 0.5) is 0 Å². The fourth-order valence-corrected chi connectivity index (χ4v) is 2.55. The average Bonchev–Trinajstić information content (AvgIpc) is 2.84. The number of hydrogen-bond acceptors (Lipinski definition) is 3. The van der Waals surface area contributed by atoms with Gasteiger partial charge in [-0.3, -0.25) is 0 Å². The second-order valence-electron chi connectivity index (χ2n) is 3.19. The van der Waals surface area contributed by atoms with Crippen molar-refractivity contribution in [2.45, 2.75) is 19.8 Å². The Hall–Kier alpha value is -0.800. The number of rotatable bonds is 4. The molecule has 0 radical (unpaired) electrons. The third kappa shape index (κ3) is 2.24. The Morgan fingerprint density at radius 1 is 1.53 bits per heavy atom. The van der Waals surface area contributed by atoms with Gasteiger partial charge in [-0.2, -0.15) is 0 Å². The van der Waals surface area contributed by atoms with Gasteiger partial charge in [-0.1, -0.05) is 6.92 Å². The number of alkyl halides is 1. The van der Waals surface area contributed by atoms with Crippen molar-refractivity contribution < 1.29 is 4.42 Å². The Bertz CT molecular complexity index is 435. The number of nitrogens with zero attached hydrogens (tertiary/aromatic N) is 1. The lowest BCUT2D eigenvalue weighted by Crippen LogP contribution is -1.83. The van der Waals surface area contributed by atoms with E-state index in [4.69, 9.17) is 16.0 Å². The fraction of sp³-hybridized carbons (Fsp3) is 0.364. The molecule has 0 amide bonds. The number of aryl methyl sites for hydroxylation is 2. The van der Waals surface area contributed by atoms with Crippen LogP contribution in [0.1, 0.15) is 18.4 Å². The third-order valence-electron chi connectivity index (χ3n) is 2.21. The number of aromatic nitrogens is 1. The topological polar surface area (TPSA) is 26.0 Å². The van der Waals surface area contributed by atoms with Crippen molar-refractivity contribution in [3.8, 4) is 10.6 Å². The van der Waals surface area contributed by atoms with Gasteiger partial charge in [-0.25, -0.2) is 4.98 Å². The number of halogens is 1. The van der Waals surface area contributed by atoms with E-state index >= 15 is 0 Å². The number of hydrogen-bond donors (Lipinski definition) is 0. The molecule has 2 rings (SSSR count). The second-order valence-corrected chi connectivity index (χ2v) is 4.48. The Balaban J connectivity index is 2.28. The minimum atomic E-state index is 0.547. The van der Waals surface area contributed by atoms with Crippen LogP contribution in [-0.2, 0) is 12.8 Å². The van der Waals surface area contributed by atoms with Crippen LogP contribution in [0.25, 0.3) is 10.6 Å². The molecule has 0 saturated heterocycles. The molecule has 80 valence electrons. The smallest absolute Gasteiger partial charge is 0.196 e. The van der Waals surface area contributed by atoms with E-state index < -0.39 is 0 Å². The van der Waals surface area contributed by atoms with Crippen LogP contribution in [0.2, 0.25) is 0 Å². The van der Waals surface area contributed by atoms with Gasteiger partial charge in [0.1, 0.15) is 0 Å². The van der Waals surface area contributed by atoms with Gasteiger partial charge < -0.3 is 4.42 Å². The molecule has 2 heterocycles. The Morgan fingerprint density at radius 2 is 2.40 bits per heavy atom. The van der Waals surface area contributed by atoms with E-state index in [1.54, 1.807) is 17.5 Å². The maximum Gasteiger partial charge on any atom is 0.196 e. The predicted octanol–water partition coefficient (Wildman–Crippen LogP) is 3.75. The van der Waals surface area contributed by atoms with Gasteiger partial charge in [-0.15, -0.1) is 22.9 Å². The third-order valence-corrected chi connectivity index (χ3v) is 3.37. The molecular formula is C11H12ClNOS. The van der Waals surface area contributed by atoms with Crippen molar-refractivity contribution in [2.24, 2.45) is 0 Å². The SMILES string of the molecule is CCc1ccsc1-c1cnc(CCCl)o1. The minimum Gasteiger partial charge on any atom is -0.440 e. The van der Waals surface area contributed by atoms with Crippen molar-refractivity contribution in [2.75, 3.05) is 5.88 Å². The predicted molar refractivity (Wildman–Crippen MR) is 63.6 cm³/mol. The molecule has 0 spiro atoms. The van der Waals surface area contributed by atoms with E-state index in [-0.39, 0.29) is 0 Å². The summed E-state index contributed by atoms with van der Waals surface area (Å²) in [6, 6.07) is 2.13. The summed E-state index contributed by atoms with van der Waals surface area (Å²) in [5.41, 5.74) is 1.31. The van der Waals surface area contributed by atoms with Gasteiger partial charge in [0.05, 0.1) is 11.1 Å². The first-order valence-corrected chi connectivity index (χ1v) is 6.34. The molecule has 0 unspecified atom stereocenters. The second kappa shape index (κ2) is 4.81.